The number of carboxylic acids is 1. The van der Waals surface area contributed by atoms with Crippen molar-refractivity contribution >= 4 is 49.3 Å². The molecule has 0 radical (unpaired) electrons. The van der Waals surface area contributed by atoms with E-state index >= 15 is 0 Å². The van der Waals surface area contributed by atoms with Gasteiger partial charge in [0.2, 0.25) is 0 Å². The quantitative estimate of drug-likeness (QED) is 0.827. The first kappa shape index (κ1) is 15.7. The van der Waals surface area contributed by atoms with Crippen LogP contribution in [0.15, 0.2) is 40.0 Å². The smallest absolute Gasteiger partial charge is 0.358 e. The minimum absolute atomic E-state index is 0.0161. The summed E-state index contributed by atoms with van der Waals surface area (Å²) in [6, 6.07) is 4.19. The van der Waals surface area contributed by atoms with Gasteiger partial charge in [-0.15, -0.1) is 0 Å². The lowest BCUT2D eigenvalue weighted by atomic mass is 10.4. The molecule has 0 fully saturated rings. The number of rotatable bonds is 4. The molecule has 0 atom stereocenters. The van der Waals surface area contributed by atoms with Crippen LogP contribution < -0.4 is 4.72 Å². The van der Waals surface area contributed by atoms with Crippen LogP contribution in [0.4, 0.5) is 5.82 Å². The first-order valence-corrected chi connectivity index (χ1v) is 7.99. The number of aromatic nitrogens is 2. The number of carbonyl (C=O) groups is 1. The fourth-order valence-corrected chi connectivity index (χ4v) is 3.50. The van der Waals surface area contributed by atoms with Gasteiger partial charge >= 0.3 is 5.97 Å². The molecule has 2 aromatic rings. The van der Waals surface area contributed by atoms with E-state index < -0.39 is 21.7 Å². The Morgan fingerprint density at radius 3 is 2.57 bits per heavy atom. The average molecular weight is 393 g/mol. The number of halogens is 2. The van der Waals surface area contributed by atoms with Crippen LogP contribution in [-0.2, 0) is 10.0 Å². The van der Waals surface area contributed by atoms with Gasteiger partial charge in [0.15, 0.2) is 11.5 Å². The summed E-state index contributed by atoms with van der Waals surface area (Å²) in [6.45, 7) is 0. The molecule has 110 valence electrons. The molecule has 2 N–H and O–H groups in total. The number of hydrogen-bond donors (Lipinski definition) is 2. The van der Waals surface area contributed by atoms with Crippen LogP contribution in [0.5, 0.6) is 0 Å². The number of nitrogens with zero attached hydrogens (tertiary/aromatic N) is 2. The summed E-state index contributed by atoms with van der Waals surface area (Å²) in [6.07, 6.45) is 2.32. The van der Waals surface area contributed by atoms with Gasteiger partial charge < -0.3 is 5.11 Å². The van der Waals surface area contributed by atoms with Crippen LogP contribution in [0, 0.1) is 0 Å². The zero-order valence-corrected chi connectivity index (χ0v) is 13.3. The van der Waals surface area contributed by atoms with E-state index in [1.165, 1.54) is 24.4 Å². The highest BCUT2D eigenvalue weighted by Gasteiger charge is 2.22. The van der Waals surface area contributed by atoms with E-state index in [2.05, 4.69) is 30.6 Å². The van der Waals surface area contributed by atoms with Crippen LogP contribution in [0.2, 0.25) is 5.02 Å². The lowest BCUT2D eigenvalue weighted by molar-refractivity contribution is 0.0691. The molecule has 0 bridgehead atoms. The Kier molecular flexibility index (Phi) is 4.45. The Labute approximate surface area is 133 Å². The summed E-state index contributed by atoms with van der Waals surface area (Å²) >= 11 is 9.04. The van der Waals surface area contributed by atoms with Crippen molar-refractivity contribution in [2.75, 3.05) is 4.72 Å². The number of carboxylic acid groups (broad SMARTS) is 1. The third-order valence-corrected chi connectivity index (χ3v) is 4.63. The van der Waals surface area contributed by atoms with Crippen LogP contribution in [0.25, 0.3) is 0 Å². The molecule has 2 rings (SSSR count). The minimum Gasteiger partial charge on any atom is -0.476 e. The molecular weight excluding hydrogens is 386 g/mol. The van der Waals surface area contributed by atoms with Gasteiger partial charge in [-0.3, -0.25) is 4.72 Å². The summed E-state index contributed by atoms with van der Waals surface area (Å²) in [7, 11) is -4.09. The van der Waals surface area contributed by atoms with Crippen molar-refractivity contribution in [1.29, 1.82) is 0 Å². The number of aromatic carboxylic acids is 1. The summed E-state index contributed by atoms with van der Waals surface area (Å²) in [5.41, 5.74) is -0.505. The van der Waals surface area contributed by atoms with E-state index in [4.69, 9.17) is 16.7 Å². The number of anilines is 1. The van der Waals surface area contributed by atoms with E-state index in [1.54, 1.807) is 0 Å². The monoisotopic (exact) mass is 391 g/mol. The Balaban J connectivity index is 2.45. The van der Waals surface area contributed by atoms with Crippen molar-refractivity contribution in [3.8, 4) is 0 Å². The molecule has 0 saturated heterocycles. The molecule has 7 nitrogen and oxygen atoms in total. The van der Waals surface area contributed by atoms with E-state index in [1.807, 2.05) is 0 Å². The SMILES string of the molecule is O=C(O)c1nccnc1NS(=O)(=O)c1ccc(Br)cc1Cl. The first-order chi connectivity index (χ1) is 9.81. The van der Waals surface area contributed by atoms with Gasteiger partial charge in [0.25, 0.3) is 10.0 Å². The van der Waals surface area contributed by atoms with Gasteiger partial charge in [0.05, 0.1) is 5.02 Å². The first-order valence-electron chi connectivity index (χ1n) is 5.33. The molecule has 1 aromatic heterocycles. The summed E-state index contributed by atoms with van der Waals surface area (Å²) in [4.78, 5) is 18.0. The molecule has 0 amide bonds. The van der Waals surface area contributed by atoms with E-state index in [0.29, 0.717) is 4.47 Å². The molecule has 1 heterocycles. The topological polar surface area (TPSA) is 109 Å². The van der Waals surface area contributed by atoms with Crippen molar-refractivity contribution in [1.82, 2.24) is 9.97 Å². The van der Waals surface area contributed by atoms with Gasteiger partial charge in [0, 0.05) is 16.9 Å². The van der Waals surface area contributed by atoms with Crippen LogP contribution in [-0.4, -0.2) is 29.5 Å². The predicted octanol–water partition coefficient (Wildman–Crippen LogP) is 2.39. The van der Waals surface area contributed by atoms with Crippen LogP contribution >= 0.6 is 27.5 Å². The second-order valence-electron chi connectivity index (χ2n) is 3.74. The Morgan fingerprint density at radius 2 is 1.95 bits per heavy atom. The summed E-state index contributed by atoms with van der Waals surface area (Å²) in [5, 5.41) is 8.94. The highest BCUT2D eigenvalue weighted by molar-refractivity contribution is 9.10. The fraction of sp³-hybridized carbons (Fsp3) is 0. The van der Waals surface area contributed by atoms with Crippen molar-refractivity contribution < 1.29 is 18.3 Å². The van der Waals surface area contributed by atoms with Gasteiger partial charge in [-0.25, -0.2) is 23.2 Å². The second-order valence-corrected chi connectivity index (χ2v) is 6.71. The molecule has 0 saturated carbocycles. The predicted molar refractivity (Wildman–Crippen MR) is 79.0 cm³/mol. The maximum absolute atomic E-state index is 12.2. The highest BCUT2D eigenvalue weighted by atomic mass is 79.9. The zero-order chi connectivity index (χ0) is 15.6. The number of benzene rings is 1. The molecule has 0 unspecified atom stereocenters. The number of nitrogens with one attached hydrogen (secondary N) is 1. The Bertz CT molecular complexity index is 813. The highest BCUT2D eigenvalue weighted by Crippen LogP contribution is 2.26. The van der Waals surface area contributed by atoms with Gasteiger partial charge in [0.1, 0.15) is 4.90 Å². The number of hydrogen-bond acceptors (Lipinski definition) is 5. The van der Waals surface area contributed by atoms with E-state index in [-0.39, 0.29) is 15.7 Å². The molecule has 1 aromatic carbocycles. The fourth-order valence-electron chi connectivity index (χ4n) is 1.44. The third kappa shape index (κ3) is 3.49. The molecule has 21 heavy (non-hydrogen) atoms. The average Bonchev–Trinajstić information content (AvgIpc) is 2.37. The molecular formula is C11H7BrClN3O4S. The van der Waals surface area contributed by atoms with Gasteiger partial charge in [-0.05, 0) is 18.2 Å². The van der Waals surface area contributed by atoms with Crippen LogP contribution in [0.1, 0.15) is 10.5 Å². The second kappa shape index (κ2) is 5.96. The van der Waals surface area contributed by atoms with Gasteiger partial charge in [-0.2, -0.15) is 0 Å². The van der Waals surface area contributed by atoms with Crippen molar-refractivity contribution in [3.63, 3.8) is 0 Å². The lowest BCUT2D eigenvalue weighted by Crippen LogP contribution is -2.18. The molecule has 0 spiro atoms. The maximum atomic E-state index is 12.2. The largest absolute Gasteiger partial charge is 0.476 e. The molecule has 10 heteroatoms. The number of sulfonamides is 1. The Morgan fingerprint density at radius 1 is 1.29 bits per heavy atom. The van der Waals surface area contributed by atoms with Gasteiger partial charge in [-0.1, -0.05) is 27.5 Å². The van der Waals surface area contributed by atoms with E-state index in [9.17, 15) is 13.2 Å². The lowest BCUT2D eigenvalue weighted by Gasteiger charge is -2.10. The summed E-state index contributed by atoms with van der Waals surface area (Å²) < 4.78 is 27.1. The molecule has 0 aliphatic rings. The summed E-state index contributed by atoms with van der Waals surface area (Å²) in [5.74, 6) is -1.79. The molecule has 0 aliphatic heterocycles. The minimum atomic E-state index is -4.09. The Hall–Kier alpha value is -1.71. The van der Waals surface area contributed by atoms with E-state index in [0.717, 1.165) is 6.20 Å². The molecule has 0 aliphatic carbocycles. The normalized spacial score (nSPS) is 11.1. The van der Waals surface area contributed by atoms with Crippen molar-refractivity contribution in [2.45, 2.75) is 4.90 Å². The maximum Gasteiger partial charge on any atom is 0.358 e. The van der Waals surface area contributed by atoms with Crippen LogP contribution in [0.3, 0.4) is 0 Å². The standard InChI is InChI=1S/C11H7BrClN3O4S/c12-6-1-2-8(7(13)5-6)21(19,20)16-10-9(11(17)18)14-3-4-15-10/h1-5H,(H,15,16)(H,17,18). The van der Waals surface area contributed by atoms with Crippen molar-refractivity contribution in [2.24, 2.45) is 0 Å². The third-order valence-electron chi connectivity index (χ3n) is 2.32. The van der Waals surface area contributed by atoms with Crippen molar-refractivity contribution in [3.05, 3.63) is 45.8 Å². The zero-order valence-electron chi connectivity index (χ0n) is 10.1.